The van der Waals surface area contributed by atoms with Gasteiger partial charge in [-0.15, -0.1) is 0 Å². The zero-order valence-electron chi connectivity index (χ0n) is 15.6. The zero-order chi connectivity index (χ0) is 19.4. The topological polar surface area (TPSA) is 66.5 Å². The SMILES string of the molecule is Cc1ccccc1CN(C)C(=O)/C=C/c1ccc(S(=O)(=O)NC2CC2)cc1. The molecule has 27 heavy (non-hydrogen) atoms. The molecule has 0 heterocycles. The Kier molecular flexibility index (Phi) is 5.77. The zero-order valence-corrected chi connectivity index (χ0v) is 16.4. The number of carbonyl (C=O) groups is 1. The molecule has 2 aromatic rings. The van der Waals surface area contributed by atoms with Crippen LogP contribution in [0.15, 0.2) is 59.5 Å². The van der Waals surface area contributed by atoms with Gasteiger partial charge in [0.25, 0.3) is 0 Å². The van der Waals surface area contributed by atoms with Crippen molar-refractivity contribution in [2.45, 2.75) is 37.2 Å². The van der Waals surface area contributed by atoms with Crippen molar-refractivity contribution in [3.8, 4) is 0 Å². The van der Waals surface area contributed by atoms with Gasteiger partial charge in [0.1, 0.15) is 0 Å². The van der Waals surface area contributed by atoms with Crippen molar-refractivity contribution in [2.75, 3.05) is 7.05 Å². The molecule has 0 bridgehead atoms. The van der Waals surface area contributed by atoms with Crippen LogP contribution in [0.1, 0.15) is 29.5 Å². The lowest BCUT2D eigenvalue weighted by atomic mass is 10.1. The normalized spacial score (nSPS) is 14.4. The van der Waals surface area contributed by atoms with Crippen LogP contribution in [-0.2, 0) is 21.4 Å². The highest BCUT2D eigenvalue weighted by Crippen LogP contribution is 2.22. The minimum absolute atomic E-state index is 0.0796. The molecule has 0 radical (unpaired) electrons. The molecule has 0 aromatic heterocycles. The van der Waals surface area contributed by atoms with E-state index in [1.54, 1.807) is 42.3 Å². The van der Waals surface area contributed by atoms with Gasteiger partial charge in [-0.3, -0.25) is 4.79 Å². The van der Waals surface area contributed by atoms with E-state index >= 15 is 0 Å². The lowest BCUT2D eigenvalue weighted by Crippen LogP contribution is -2.25. The van der Waals surface area contributed by atoms with Gasteiger partial charge < -0.3 is 4.90 Å². The van der Waals surface area contributed by atoms with E-state index in [0.717, 1.165) is 29.5 Å². The third kappa shape index (κ3) is 5.28. The molecule has 0 aliphatic heterocycles. The quantitative estimate of drug-likeness (QED) is 0.746. The Balaban J connectivity index is 1.61. The summed E-state index contributed by atoms with van der Waals surface area (Å²) in [4.78, 5) is 14.2. The van der Waals surface area contributed by atoms with Crippen LogP contribution in [0.2, 0.25) is 0 Å². The van der Waals surface area contributed by atoms with E-state index in [1.807, 2.05) is 31.2 Å². The number of amides is 1. The van der Waals surface area contributed by atoms with Crippen molar-refractivity contribution in [3.05, 3.63) is 71.3 Å². The first-order valence-electron chi connectivity index (χ1n) is 8.95. The molecule has 1 saturated carbocycles. The van der Waals surface area contributed by atoms with Gasteiger partial charge in [-0.1, -0.05) is 36.4 Å². The van der Waals surface area contributed by atoms with Gasteiger partial charge in [0, 0.05) is 25.7 Å². The molecule has 5 nitrogen and oxygen atoms in total. The lowest BCUT2D eigenvalue weighted by Gasteiger charge is -2.16. The molecule has 142 valence electrons. The third-order valence-electron chi connectivity index (χ3n) is 4.55. The molecule has 1 amide bonds. The monoisotopic (exact) mass is 384 g/mol. The molecule has 1 fully saturated rings. The van der Waals surface area contributed by atoms with Gasteiger partial charge >= 0.3 is 0 Å². The number of carbonyl (C=O) groups excluding carboxylic acids is 1. The summed E-state index contributed by atoms with van der Waals surface area (Å²) >= 11 is 0. The third-order valence-corrected chi connectivity index (χ3v) is 6.09. The molecule has 0 spiro atoms. The molecule has 1 aliphatic rings. The number of sulfonamides is 1. The average molecular weight is 385 g/mol. The fraction of sp³-hybridized carbons (Fsp3) is 0.286. The summed E-state index contributed by atoms with van der Waals surface area (Å²) in [5.74, 6) is -0.106. The minimum atomic E-state index is -3.45. The minimum Gasteiger partial charge on any atom is -0.338 e. The molecular formula is C21H24N2O3S. The lowest BCUT2D eigenvalue weighted by molar-refractivity contribution is -0.125. The molecule has 6 heteroatoms. The van der Waals surface area contributed by atoms with E-state index in [-0.39, 0.29) is 16.8 Å². The van der Waals surface area contributed by atoms with Crippen LogP contribution in [-0.4, -0.2) is 32.3 Å². The number of nitrogens with zero attached hydrogens (tertiary/aromatic N) is 1. The summed E-state index contributed by atoms with van der Waals surface area (Å²) < 4.78 is 27.0. The Morgan fingerprint density at radius 3 is 2.44 bits per heavy atom. The van der Waals surface area contributed by atoms with Crippen LogP contribution in [0.4, 0.5) is 0 Å². The second-order valence-electron chi connectivity index (χ2n) is 6.92. The number of nitrogens with one attached hydrogen (secondary N) is 1. The van der Waals surface area contributed by atoms with Gasteiger partial charge in [0.05, 0.1) is 4.90 Å². The number of hydrogen-bond donors (Lipinski definition) is 1. The summed E-state index contributed by atoms with van der Waals surface area (Å²) in [6, 6.07) is 14.6. The summed E-state index contributed by atoms with van der Waals surface area (Å²) in [6.45, 7) is 2.57. The Morgan fingerprint density at radius 1 is 1.15 bits per heavy atom. The number of likely N-dealkylation sites (N-methyl/N-ethyl adjacent to an activating group) is 1. The van der Waals surface area contributed by atoms with E-state index in [2.05, 4.69) is 4.72 Å². The Labute approximate surface area is 160 Å². The predicted molar refractivity (Wildman–Crippen MR) is 106 cm³/mol. The maximum absolute atomic E-state index is 12.3. The van der Waals surface area contributed by atoms with Crippen LogP contribution in [0.25, 0.3) is 6.08 Å². The highest BCUT2D eigenvalue weighted by molar-refractivity contribution is 7.89. The fourth-order valence-electron chi connectivity index (χ4n) is 2.66. The molecule has 0 atom stereocenters. The van der Waals surface area contributed by atoms with Crippen LogP contribution in [0, 0.1) is 6.92 Å². The molecular weight excluding hydrogens is 360 g/mol. The van der Waals surface area contributed by atoms with E-state index in [0.29, 0.717) is 6.54 Å². The first kappa shape index (κ1) is 19.3. The van der Waals surface area contributed by atoms with E-state index in [9.17, 15) is 13.2 Å². The maximum atomic E-state index is 12.3. The van der Waals surface area contributed by atoms with Gasteiger partial charge in [0.2, 0.25) is 15.9 Å². The average Bonchev–Trinajstić information content (AvgIpc) is 3.45. The van der Waals surface area contributed by atoms with E-state index in [1.165, 1.54) is 6.08 Å². The highest BCUT2D eigenvalue weighted by atomic mass is 32.2. The van der Waals surface area contributed by atoms with E-state index < -0.39 is 10.0 Å². The van der Waals surface area contributed by atoms with Crippen molar-refractivity contribution in [2.24, 2.45) is 0 Å². The van der Waals surface area contributed by atoms with Crippen LogP contribution in [0.5, 0.6) is 0 Å². The van der Waals surface area contributed by atoms with Crippen molar-refractivity contribution in [1.29, 1.82) is 0 Å². The fourth-order valence-corrected chi connectivity index (χ4v) is 3.97. The second kappa shape index (κ2) is 8.06. The van der Waals surface area contributed by atoms with Crippen molar-refractivity contribution >= 4 is 22.0 Å². The van der Waals surface area contributed by atoms with Gasteiger partial charge in [-0.25, -0.2) is 13.1 Å². The van der Waals surface area contributed by atoms with Crippen LogP contribution < -0.4 is 4.72 Å². The molecule has 0 saturated heterocycles. The highest BCUT2D eigenvalue weighted by Gasteiger charge is 2.27. The second-order valence-corrected chi connectivity index (χ2v) is 8.63. The maximum Gasteiger partial charge on any atom is 0.246 e. The summed E-state index contributed by atoms with van der Waals surface area (Å²) in [5, 5.41) is 0. The molecule has 1 N–H and O–H groups in total. The molecule has 0 unspecified atom stereocenters. The molecule has 1 aliphatic carbocycles. The van der Waals surface area contributed by atoms with Crippen molar-refractivity contribution < 1.29 is 13.2 Å². The van der Waals surface area contributed by atoms with Gasteiger partial charge in [-0.05, 0) is 54.7 Å². The summed E-state index contributed by atoms with van der Waals surface area (Å²) in [5.41, 5.74) is 3.04. The standard InChI is InChI=1S/C21H24N2O3S/c1-16-5-3-4-6-18(16)15-23(2)21(24)14-9-17-7-12-20(13-8-17)27(25,26)22-19-10-11-19/h3-9,12-14,19,22H,10-11,15H2,1-2H3/b14-9+. The van der Waals surface area contributed by atoms with Gasteiger partial charge in [0.15, 0.2) is 0 Å². The van der Waals surface area contributed by atoms with E-state index in [4.69, 9.17) is 0 Å². The summed E-state index contributed by atoms with van der Waals surface area (Å²) in [6.07, 6.45) is 5.00. The predicted octanol–water partition coefficient (Wildman–Crippen LogP) is 3.11. The number of benzene rings is 2. The Hall–Kier alpha value is -2.44. The Morgan fingerprint density at radius 2 is 1.81 bits per heavy atom. The number of rotatable bonds is 7. The number of hydrogen-bond acceptors (Lipinski definition) is 3. The van der Waals surface area contributed by atoms with Crippen LogP contribution in [0.3, 0.4) is 0 Å². The Bertz CT molecular complexity index is 946. The molecule has 2 aromatic carbocycles. The first-order chi connectivity index (χ1) is 12.8. The van der Waals surface area contributed by atoms with Gasteiger partial charge in [-0.2, -0.15) is 0 Å². The largest absolute Gasteiger partial charge is 0.338 e. The van der Waals surface area contributed by atoms with Crippen molar-refractivity contribution in [1.82, 2.24) is 9.62 Å². The smallest absolute Gasteiger partial charge is 0.246 e. The van der Waals surface area contributed by atoms with Crippen LogP contribution >= 0.6 is 0 Å². The van der Waals surface area contributed by atoms with Crippen molar-refractivity contribution in [3.63, 3.8) is 0 Å². The number of aryl methyl sites for hydroxylation is 1. The molecule has 3 rings (SSSR count). The first-order valence-corrected chi connectivity index (χ1v) is 10.4. The summed E-state index contributed by atoms with van der Waals surface area (Å²) in [7, 11) is -1.68.